The molecule has 0 bridgehead atoms. The summed E-state index contributed by atoms with van der Waals surface area (Å²) in [5.74, 6) is -2.11. The van der Waals surface area contributed by atoms with Gasteiger partial charge in [0.25, 0.3) is 0 Å². The smallest absolute Gasteiger partial charge is 0.303 e. The van der Waals surface area contributed by atoms with E-state index in [1.165, 1.54) is 4.31 Å². The minimum Gasteiger partial charge on any atom is -0.345 e. The molecule has 340 valence electrons. The number of hydrogen-bond donors (Lipinski definition) is 2. The summed E-state index contributed by atoms with van der Waals surface area (Å²) in [6.45, 7) is 21.9. The van der Waals surface area contributed by atoms with E-state index in [0.717, 1.165) is 77.2 Å². The molecule has 0 aromatic carbocycles. The van der Waals surface area contributed by atoms with Gasteiger partial charge in [0.05, 0.1) is 23.5 Å². The Hall–Kier alpha value is -2.38. The fourth-order valence-electron chi connectivity index (χ4n) is 13.2. The van der Waals surface area contributed by atoms with Crippen LogP contribution < -0.4 is 10.0 Å². The molecule has 2 spiro atoms. The maximum atomic E-state index is 15.4. The quantitative estimate of drug-likeness (QED) is 0.162. The van der Waals surface area contributed by atoms with E-state index in [2.05, 4.69) is 42.6 Å². The minimum absolute atomic E-state index is 0.00932. The van der Waals surface area contributed by atoms with Crippen molar-refractivity contribution in [3.63, 3.8) is 0 Å². The first-order valence-corrected chi connectivity index (χ1v) is 25.3. The number of Topliss-reactive ketones (excluding diaryl/α,β-unsaturated/α-hetero) is 2. The number of fused-ring (bicyclic) bond motifs is 1. The normalized spacial score (nSPS) is 31.2. The molecular weight excluding hydrogens is 779 g/mol. The number of piperidine rings is 1. The number of carbonyl (C=O) groups excluding carboxylic acids is 5. The monoisotopic (exact) mass is 858 g/mol. The Morgan fingerprint density at radius 1 is 0.833 bits per heavy atom. The minimum atomic E-state index is -4.09. The van der Waals surface area contributed by atoms with E-state index in [9.17, 15) is 27.6 Å². The fourth-order valence-corrected chi connectivity index (χ4v) is 14.5. The summed E-state index contributed by atoms with van der Waals surface area (Å²) in [7, 11) is -4.09. The van der Waals surface area contributed by atoms with Gasteiger partial charge in [-0.2, -0.15) is 12.7 Å². The highest BCUT2D eigenvalue weighted by Gasteiger charge is 2.85. The van der Waals surface area contributed by atoms with Crippen molar-refractivity contribution in [2.75, 3.05) is 26.2 Å². The highest BCUT2D eigenvalue weighted by molar-refractivity contribution is 7.87. The van der Waals surface area contributed by atoms with Crippen LogP contribution in [-0.4, -0.2) is 102 Å². The van der Waals surface area contributed by atoms with Gasteiger partial charge in [0.2, 0.25) is 17.7 Å². The summed E-state index contributed by atoms with van der Waals surface area (Å²) in [5, 5.41) is 3.28. The first-order chi connectivity index (χ1) is 28.1. The lowest BCUT2D eigenvalue weighted by molar-refractivity contribution is -0.147. The number of nitrogens with one attached hydrogen (secondary N) is 2. The third-order valence-electron chi connectivity index (χ3n) is 17.4. The molecule has 12 nitrogen and oxygen atoms in total. The third-order valence-corrected chi connectivity index (χ3v) is 19.1. The number of likely N-dealkylation sites (tertiary alicyclic amines) is 2. The van der Waals surface area contributed by atoms with Crippen molar-refractivity contribution in [2.45, 2.75) is 196 Å². The third kappa shape index (κ3) is 8.16. The van der Waals surface area contributed by atoms with Crippen LogP contribution in [0, 0.1) is 44.8 Å². The Morgan fingerprint density at radius 2 is 1.47 bits per heavy atom. The number of ketones is 2. The molecule has 13 heteroatoms. The van der Waals surface area contributed by atoms with Crippen LogP contribution in [0.15, 0.2) is 0 Å². The predicted molar refractivity (Wildman–Crippen MR) is 234 cm³/mol. The van der Waals surface area contributed by atoms with Crippen molar-refractivity contribution in [3.8, 4) is 0 Å². The standard InChI is InChI=1S/C47H79N5O7S/c1-11-33-27-45(33,42(57)49-60(58,59)50(12-2)13-3)29-38(54)36-28-47(44(9,10)46(47)23-19-24-46)30-52(36)41(56)34(43(6,7)8)26-37(53)39(32-20-15-14-16-21-32)48-40(55)35-22-17-18-25-51(35)31(4)5/h31-36,39H,11-30H2,1-10H3,(H,48,55)(H,49,57)/t33-,34-,35?,36+,39+,45-,47-/m1/s1. The number of hydrogen-bond acceptors (Lipinski definition) is 8. The summed E-state index contributed by atoms with van der Waals surface area (Å²) in [6.07, 6.45) is 12.2. The zero-order valence-electron chi connectivity index (χ0n) is 38.8. The van der Waals surface area contributed by atoms with Gasteiger partial charge >= 0.3 is 10.2 Å². The van der Waals surface area contributed by atoms with E-state index in [4.69, 9.17) is 0 Å². The molecule has 1 unspecified atom stereocenters. The van der Waals surface area contributed by atoms with Crippen LogP contribution in [0.5, 0.6) is 0 Å². The molecule has 60 heavy (non-hydrogen) atoms. The number of nitrogens with zero attached hydrogens (tertiary/aromatic N) is 3. The Kier molecular flexibility index (Phi) is 13.6. The summed E-state index contributed by atoms with van der Waals surface area (Å²) < 4.78 is 30.0. The lowest BCUT2D eigenvalue weighted by atomic mass is 9.73. The average Bonchev–Trinajstić information content (AvgIpc) is 3.90. The van der Waals surface area contributed by atoms with E-state index in [-0.39, 0.29) is 89.5 Å². The highest BCUT2D eigenvalue weighted by atomic mass is 32.2. The molecule has 0 aromatic heterocycles. The first-order valence-electron chi connectivity index (χ1n) is 23.8. The molecule has 2 heterocycles. The zero-order valence-corrected chi connectivity index (χ0v) is 39.6. The van der Waals surface area contributed by atoms with Crippen LogP contribution in [0.2, 0.25) is 0 Å². The van der Waals surface area contributed by atoms with Crippen molar-refractivity contribution in [1.29, 1.82) is 0 Å². The van der Waals surface area contributed by atoms with Crippen molar-refractivity contribution < 1.29 is 32.4 Å². The molecule has 7 atom stereocenters. The topological polar surface area (TPSA) is 153 Å². The molecule has 0 radical (unpaired) electrons. The predicted octanol–water partition coefficient (Wildman–Crippen LogP) is 6.81. The molecule has 2 N–H and O–H groups in total. The van der Waals surface area contributed by atoms with Gasteiger partial charge in [-0.05, 0) is 99.8 Å². The van der Waals surface area contributed by atoms with E-state index >= 15 is 4.79 Å². The second kappa shape index (κ2) is 17.3. The van der Waals surface area contributed by atoms with Gasteiger partial charge in [0, 0.05) is 49.9 Å². The summed E-state index contributed by atoms with van der Waals surface area (Å²) in [4.78, 5) is 77.3. The van der Waals surface area contributed by atoms with E-state index < -0.39 is 44.9 Å². The van der Waals surface area contributed by atoms with Crippen LogP contribution in [-0.2, 0) is 34.2 Å². The number of amides is 3. The molecule has 6 aliphatic rings. The van der Waals surface area contributed by atoms with Crippen LogP contribution in [0.4, 0.5) is 0 Å². The molecule has 3 amide bonds. The van der Waals surface area contributed by atoms with Gasteiger partial charge in [0.1, 0.15) is 0 Å². The maximum absolute atomic E-state index is 15.4. The lowest BCUT2D eigenvalue weighted by Crippen LogP contribution is -2.57. The molecule has 6 rings (SSSR count). The lowest BCUT2D eigenvalue weighted by Gasteiger charge is -2.40. The largest absolute Gasteiger partial charge is 0.345 e. The van der Waals surface area contributed by atoms with Crippen LogP contribution in [0.25, 0.3) is 0 Å². The molecule has 4 aliphatic carbocycles. The van der Waals surface area contributed by atoms with Crippen molar-refractivity contribution in [1.82, 2.24) is 24.1 Å². The van der Waals surface area contributed by atoms with E-state index in [0.29, 0.717) is 25.8 Å². The van der Waals surface area contributed by atoms with Gasteiger partial charge in [0.15, 0.2) is 11.6 Å². The number of rotatable bonds is 17. The van der Waals surface area contributed by atoms with Gasteiger partial charge < -0.3 is 10.2 Å². The van der Waals surface area contributed by atoms with Crippen LogP contribution >= 0.6 is 0 Å². The van der Waals surface area contributed by atoms with Crippen molar-refractivity contribution >= 4 is 39.5 Å². The van der Waals surface area contributed by atoms with Crippen molar-refractivity contribution in [3.05, 3.63) is 0 Å². The van der Waals surface area contributed by atoms with Gasteiger partial charge in [-0.25, -0.2) is 4.72 Å². The SMILES string of the molecule is CC[C@@H]1C[C@]1(CC(=O)[C@@H]1C[C@@]2(CN1C(=O)[C@@H](CC(=O)[C@@H](NC(=O)C1CCCCN1C(C)C)C1CCCCC1)C(C)(C)C)C(C)(C)C21CCC1)C(=O)NS(=O)(=O)N(CC)CC. The Balaban J connectivity index is 1.28. The van der Waals surface area contributed by atoms with Crippen LogP contribution in [0.1, 0.15) is 172 Å². The summed E-state index contributed by atoms with van der Waals surface area (Å²) in [5.41, 5.74) is -2.09. The average molecular weight is 858 g/mol. The highest BCUT2D eigenvalue weighted by Crippen LogP contribution is 2.88. The number of carbonyl (C=O) groups is 5. The molecule has 4 saturated carbocycles. The Morgan fingerprint density at radius 3 is 1.98 bits per heavy atom. The van der Waals surface area contributed by atoms with Gasteiger partial charge in [-0.1, -0.05) is 93.9 Å². The van der Waals surface area contributed by atoms with E-state index in [1.54, 1.807) is 18.7 Å². The molecule has 0 aromatic rings. The zero-order chi connectivity index (χ0) is 44.2. The second-order valence-electron chi connectivity index (χ2n) is 21.8. The molecule has 2 saturated heterocycles. The summed E-state index contributed by atoms with van der Waals surface area (Å²) >= 11 is 0. The molecule has 6 fully saturated rings. The maximum Gasteiger partial charge on any atom is 0.303 e. The van der Waals surface area contributed by atoms with Crippen molar-refractivity contribution in [2.24, 2.45) is 44.8 Å². The Labute approximate surface area is 362 Å². The van der Waals surface area contributed by atoms with E-state index in [1.807, 2.05) is 27.7 Å². The second-order valence-corrected chi connectivity index (χ2v) is 23.4. The summed E-state index contributed by atoms with van der Waals surface area (Å²) in [6, 6.07) is -1.53. The molecule has 2 aliphatic heterocycles. The van der Waals surface area contributed by atoms with Crippen LogP contribution in [0.3, 0.4) is 0 Å². The molecular formula is C47H79N5O7S. The van der Waals surface area contributed by atoms with Gasteiger partial charge in [-0.3, -0.25) is 28.9 Å². The van der Waals surface area contributed by atoms with Gasteiger partial charge in [-0.15, -0.1) is 0 Å². The fraction of sp³-hybridized carbons (Fsp3) is 0.894. The first kappa shape index (κ1) is 47.1. The Bertz CT molecular complexity index is 1760.